The van der Waals surface area contributed by atoms with Crippen LogP contribution in [-0.2, 0) is 19.1 Å². The van der Waals surface area contributed by atoms with Gasteiger partial charge in [-0.3, -0.25) is 14.4 Å². The average Bonchev–Trinajstić information content (AvgIpc) is 2.83. The van der Waals surface area contributed by atoms with Gasteiger partial charge in [-0.2, -0.15) is 0 Å². The highest BCUT2D eigenvalue weighted by molar-refractivity contribution is 5.86. The molecule has 0 spiro atoms. The summed E-state index contributed by atoms with van der Waals surface area (Å²) in [4.78, 5) is 39.5. The summed E-state index contributed by atoms with van der Waals surface area (Å²) >= 11 is 0. The van der Waals surface area contributed by atoms with Crippen LogP contribution in [0.2, 0.25) is 0 Å². The third kappa shape index (κ3) is 4.69. The van der Waals surface area contributed by atoms with E-state index in [4.69, 9.17) is 0 Å². The number of piperidine rings is 1. The van der Waals surface area contributed by atoms with E-state index in [1.54, 1.807) is 7.05 Å². The Morgan fingerprint density at radius 3 is 2.43 bits per heavy atom. The van der Waals surface area contributed by atoms with Gasteiger partial charge in [0, 0.05) is 26.1 Å². The molecule has 0 aromatic heterocycles. The molecular weight excluding hydrogens is 296 g/mol. The largest absolute Gasteiger partial charge is 0.468 e. The summed E-state index contributed by atoms with van der Waals surface area (Å²) in [6, 6.07) is 0.284. The Labute approximate surface area is 138 Å². The zero-order valence-electron chi connectivity index (χ0n) is 14.3. The molecule has 1 saturated carbocycles. The van der Waals surface area contributed by atoms with E-state index in [0.717, 1.165) is 25.7 Å². The van der Waals surface area contributed by atoms with Crippen LogP contribution in [0.3, 0.4) is 0 Å². The Kier molecular flexibility index (Phi) is 6.42. The van der Waals surface area contributed by atoms with Crippen molar-refractivity contribution in [2.24, 2.45) is 5.92 Å². The SMILES string of the molecule is COC(=O)CN(C)C(=O)C1CCC(=O)N(C2CCCCCC2)C1. The molecule has 1 aliphatic heterocycles. The molecule has 2 fully saturated rings. The zero-order valence-corrected chi connectivity index (χ0v) is 14.3. The molecule has 1 atom stereocenters. The maximum absolute atomic E-state index is 12.5. The van der Waals surface area contributed by atoms with E-state index in [1.807, 2.05) is 4.90 Å². The Morgan fingerprint density at radius 2 is 1.83 bits per heavy atom. The maximum atomic E-state index is 12.5. The lowest BCUT2D eigenvalue weighted by atomic mass is 9.93. The average molecular weight is 324 g/mol. The standard InChI is InChI=1S/C17H28N2O4/c1-18(12-16(21)23-2)17(22)13-9-10-15(20)19(11-13)14-7-5-3-4-6-8-14/h13-14H,3-12H2,1-2H3. The van der Waals surface area contributed by atoms with Gasteiger partial charge in [0.15, 0.2) is 0 Å². The summed E-state index contributed by atoms with van der Waals surface area (Å²) in [5.74, 6) is -0.517. The summed E-state index contributed by atoms with van der Waals surface area (Å²) in [5.41, 5.74) is 0. The van der Waals surface area contributed by atoms with Crippen molar-refractivity contribution in [3.63, 3.8) is 0 Å². The minimum absolute atomic E-state index is 0.0385. The van der Waals surface area contributed by atoms with E-state index in [9.17, 15) is 14.4 Å². The molecule has 0 aromatic rings. The van der Waals surface area contributed by atoms with Gasteiger partial charge in [0.05, 0.1) is 13.0 Å². The fourth-order valence-electron chi connectivity index (χ4n) is 3.64. The highest BCUT2D eigenvalue weighted by Gasteiger charge is 2.35. The van der Waals surface area contributed by atoms with Crippen LogP contribution in [-0.4, -0.2) is 60.9 Å². The quantitative estimate of drug-likeness (QED) is 0.582. The second-order valence-electron chi connectivity index (χ2n) is 6.70. The van der Waals surface area contributed by atoms with Gasteiger partial charge in [0.2, 0.25) is 11.8 Å². The summed E-state index contributed by atoms with van der Waals surface area (Å²) in [5, 5.41) is 0. The summed E-state index contributed by atoms with van der Waals surface area (Å²) in [6.07, 6.45) is 7.90. The molecule has 23 heavy (non-hydrogen) atoms. The lowest BCUT2D eigenvalue weighted by Gasteiger charge is -2.38. The van der Waals surface area contributed by atoms with Crippen LogP contribution in [0.25, 0.3) is 0 Å². The molecule has 130 valence electrons. The molecule has 0 radical (unpaired) electrons. The van der Waals surface area contributed by atoms with E-state index < -0.39 is 5.97 Å². The van der Waals surface area contributed by atoms with Crippen LogP contribution in [0.15, 0.2) is 0 Å². The van der Waals surface area contributed by atoms with Crippen molar-refractivity contribution < 1.29 is 19.1 Å². The minimum atomic E-state index is -0.423. The molecule has 6 nitrogen and oxygen atoms in total. The van der Waals surface area contributed by atoms with Crippen molar-refractivity contribution in [2.75, 3.05) is 27.2 Å². The van der Waals surface area contributed by atoms with Gasteiger partial charge >= 0.3 is 5.97 Å². The maximum Gasteiger partial charge on any atom is 0.325 e. The second kappa shape index (κ2) is 8.31. The van der Waals surface area contributed by atoms with Crippen LogP contribution in [0.4, 0.5) is 0 Å². The Hall–Kier alpha value is -1.59. The molecule has 0 N–H and O–H groups in total. The minimum Gasteiger partial charge on any atom is -0.468 e. The zero-order chi connectivity index (χ0) is 16.8. The number of carbonyl (C=O) groups excluding carboxylic acids is 3. The van der Waals surface area contributed by atoms with Crippen LogP contribution in [0.5, 0.6) is 0 Å². The monoisotopic (exact) mass is 324 g/mol. The first kappa shape index (κ1) is 17.8. The Bertz CT molecular complexity index is 444. The van der Waals surface area contributed by atoms with Crippen molar-refractivity contribution in [1.29, 1.82) is 0 Å². The fraction of sp³-hybridized carbons (Fsp3) is 0.824. The Morgan fingerprint density at radius 1 is 1.17 bits per heavy atom. The van der Waals surface area contributed by atoms with Crippen molar-refractivity contribution in [3.8, 4) is 0 Å². The first-order valence-electron chi connectivity index (χ1n) is 8.64. The number of amides is 2. The predicted octanol–water partition coefficient (Wildman–Crippen LogP) is 1.58. The number of esters is 1. The molecule has 1 saturated heterocycles. The van der Waals surface area contributed by atoms with Crippen molar-refractivity contribution in [3.05, 3.63) is 0 Å². The predicted molar refractivity (Wildman–Crippen MR) is 85.6 cm³/mol. The number of hydrogen-bond donors (Lipinski definition) is 0. The van der Waals surface area contributed by atoms with Crippen LogP contribution < -0.4 is 0 Å². The fourth-order valence-corrected chi connectivity index (χ4v) is 3.64. The molecule has 2 aliphatic rings. The van der Waals surface area contributed by atoms with E-state index in [1.165, 1.54) is 24.9 Å². The second-order valence-corrected chi connectivity index (χ2v) is 6.70. The normalized spacial score (nSPS) is 23.3. The molecule has 0 aromatic carbocycles. The number of ether oxygens (including phenoxy) is 1. The molecule has 1 aliphatic carbocycles. The van der Waals surface area contributed by atoms with Gasteiger partial charge in [-0.05, 0) is 19.3 Å². The number of carbonyl (C=O) groups is 3. The lowest BCUT2D eigenvalue weighted by Crippen LogP contribution is -2.50. The summed E-state index contributed by atoms with van der Waals surface area (Å²) in [7, 11) is 2.93. The number of likely N-dealkylation sites (tertiary alicyclic amines) is 1. The van der Waals surface area contributed by atoms with Crippen molar-refractivity contribution in [1.82, 2.24) is 9.80 Å². The first-order chi connectivity index (χ1) is 11.0. The topological polar surface area (TPSA) is 66.9 Å². The smallest absolute Gasteiger partial charge is 0.325 e. The first-order valence-corrected chi connectivity index (χ1v) is 8.64. The number of hydrogen-bond acceptors (Lipinski definition) is 4. The number of likely N-dealkylation sites (N-methyl/N-ethyl adjacent to an activating group) is 1. The Balaban J connectivity index is 1.97. The highest BCUT2D eigenvalue weighted by Crippen LogP contribution is 2.28. The molecule has 0 bridgehead atoms. The lowest BCUT2D eigenvalue weighted by molar-refractivity contribution is -0.150. The third-order valence-electron chi connectivity index (χ3n) is 5.03. The highest BCUT2D eigenvalue weighted by atomic mass is 16.5. The summed E-state index contributed by atoms with van der Waals surface area (Å²) in [6.45, 7) is 0.455. The van der Waals surface area contributed by atoms with Crippen molar-refractivity contribution in [2.45, 2.75) is 57.4 Å². The van der Waals surface area contributed by atoms with E-state index in [-0.39, 0.29) is 30.3 Å². The third-order valence-corrected chi connectivity index (χ3v) is 5.03. The molecule has 2 amide bonds. The van der Waals surface area contributed by atoms with Crippen LogP contribution >= 0.6 is 0 Å². The number of methoxy groups -OCH3 is 1. The van der Waals surface area contributed by atoms with E-state index in [2.05, 4.69) is 4.74 Å². The number of rotatable bonds is 4. The van der Waals surface area contributed by atoms with Gasteiger partial charge in [0.1, 0.15) is 6.54 Å². The molecule has 6 heteroatoms. The van der Waals surface area contributed by atoms with Gasteiger partial charge in [-0.1, -0.05) is 25.7 Å². The van der Waals surface area contributed by atoms with E-state index >= 15 is 0 Å². The van der Waals surface area contributed by atoms with Gasteiger partial charge < -0.3 is 14.5 Å². The van der Waals surface area contributed by atoms with Gasteiger partial charge in [-0.15, -0.1) is 0 Å². The molecule has 1 heterocycles. The van der Waals surface area contributed by atoms with E-state index in [0.29, 0.717) is 19.4 Å². The van der Waals surface area contributed by atoms with Crippen LogP contribution in [0, 0.1) is 5.92 Å². The molecule has 2 rings (SSSR count). The van der Waals surface area contributed by atoms with Crippen molar-refractivity contribution >= 4 is 17.8 Å². The molecular formula is C17H28N2O4. The van der Waals surface area contributed by atoms with Crippen LogP contribution in [0.1, 0.15) is 51.4 Å². The summed E-state index contributed by atoms with van der Waals surface area (Å²) < 4.78 is 4.61. The van der Waals surface area contributed by atoms with Gasteiger partial charge in [0.25, 0.3) is 0 Å². The number of nitrogens with zero attached hydrogens (tertiary/aromatic N) is 2. The van der Waals surface area contributed by atoms with Gasteiger partial charge in [-0.25, -0.2) is 0 Å². The molecule has 1 unspecified atom stereocenters.